The van der Waals surface area contributed by atoms with Crippen molar-refractivity contribution in [1.82, 2.24) is 34.9 Å². The Labute approximate surface area is 218 Å². The number of nitrogens with one attached hydrogen (secondary N) is 3. The normalized spacial score (nSPS) is 15.3. The summed E-state index contributed by atoms with van der Waals surface area (Å²) in [6, 6.07) is 13.3. The number of ether oxygens (including phenoxy) is 1. The summed E-state index contributed by atoms with van der Waals surface area (Å²) >= 11 is 0. The smallest absolute Gasteiger partial charge is 0.248 e. The van der Waals surface area contributed by atoms with Crippen LogP contribution in [-0.4, -0.2) is 48.0 Å². The highest BCUT2D eigenvalue weighted by Crippen LogP contribution is 2.30. The number of rotatable bonds is 7. The van der Waals surface area contributed by atoms with Gasteiger partial charge in [-0.15, -0.1) is 10.2 Å². The molecule has 11 heteroatoms. The molecule has 0 aliphatic carbocycles. The lowest BCUT2D eigenvalue weighted by atomic mass is 10.1. The van der Waals surface area contributed by atoms with E-state index in [4.69, 9.17) is 4.74 Å². The molecule has 190 valence electrons. The van der Waals surface area contributed by atoms with E-state index < -0.39 is 0 Å². The van der Waals surface area contributed by atoms with Crippen molar-refractivity contribution >= 4 is 39.6 Å². The number of carbonyl (C=O) groups excluding carboxylic acids is 1. The van der Waals surface area contributed by atoms with Crippen LogP contribution in [0.15, 0.2) is 73.6 Å². The van der Waals surface area contributed by atoms with Gasteiger partial charge in [0.25, 0.3) is 0 Å². The van der Waals surface area contributed by atoms with E-state index in [-0.39, 0.29) is 11.9 Å². The van der Waals surface area contributed by atoms with Gasteiger partial charge in [0.15, 0.2) is 5.65 Å². The van der Waals surface area contributed by atoms with Crippen LogP contribution in [0.25, 0.3) is 16.6 Å². The molecule has 1 fully saturated rings. The van der Waals surface area contributed by atoms with Crippen molar-refractivity contribution in [3.05, 3.63) is 79.2 Å². The Balaban J connectivity index is 1.18. The van der Waals surface area contributed by atoms with Crippen molar-refractivity contribution < 1.29 is 9.53 Å². The number of amides is 1. The van der Waals surface area contributed by atoms with Crippen molar-refractivity contribution in [2.45, 2.75) is 25.8 Å². The zero-order chi connectivity index (χ0) is 25.9. The van der Waals surface area contributed by atoms with Gasteiger partial charge >= 0.3 is 0 Å². The zero-order valence-electron chi connectivity index (χ0n) is 20.6. The molecule has 4 heterocycles. The van der Waals surface area contributed by atoms with Gasteiger partial charge < -0.3 is 20.7 Å². The van der Waals surface area contributed by atoms with E-state index in [1.165, 1.54) is 6.33 Å². The largest absolute Gasteiger partial charge is 0.439 e. The highest BCUT2D eigenvalue weighted by Gasteiger charge is 2.12. The van der Waals surface area contributed by atoms with Crippen molar-refractivity contribution in [3.8, 4) is 11.6 Å². The van der Waals surface area contributed by atoms with E-state index in [2.05, 4.69) is 41.1 Å². The van der Waals surface area contributed by atoms with E-state index in [0.29, 0.717) is 28.8 Å². The third kappa shape index (κ3) is 5.13. The Morgan fingerprint density at radius 2 is 2.03 bits per heavy atom. The van der Waals surface area contributed by atoms with Crippen LogP contribution >= 0.6 is 0 Å². The number of benzene rings is 2. The van der Waals surface area contributed by atoms with Gasteiger partial charge in [-0.05, 0) is 68.3 Å². The summed E-state index contributed by atoms with van der Waals surface area (Å²) in [5.74, 6) is 1.56. The second-order valence-corrected chi connectivity index (χ2v) is 9.04. The number of nitrogens with zero attached hydrogens (tertiary/aromatic N) is 6. The van der Waals surface area contributed by atoms with Gasteiger partial charge in [-0.2, -0.15) is 0 Å². The third-order valence-corrected chi connectivity index (χ3v) is 6.30. The minimum absolute atomic E-state index is 0.173. The van der Waals surface area contributed by atoms with Crippen molar-refractivity contribution in [1.29, 1.82) is 0 Å². The van der Waals surface area contributed by atoms with Gasteiger partial charge in [-0.1, -0.05) is 6.08 Å². The molecule has 3 N–H and O–H groups in total. The van der Waals surface area contributed by atoms with Crippen LogP contribution in [0.2, 0.25) is 0 Å². The summed E-state index contributed by atoms with van der Waals surface area (Å²) in [5, 5.41) is 18.3. The van der Waals surface area contributed by atoms with Crippen LogP contribution in [0, 0.1) is 6.92 Å². The van der Waals surface area contributed by atoms with Crippen LogP contribution in [-0.2, 0) is 4.79 Å². The predicted octanol–water partition coefficient (Wildman–Crippen LogP) is 4.16. The molecular formula is C27H25N9O2. The average molecular weight is 508 g/mol. The molecule has 5 aromatic rings. The third-order valence-electron chi connectivity index (χ3n) is 6.30. The lowest BCUT2D eigenvalue weighted by Gasteiger charge is -2.13. The first-order valence-electron chi connectivity index (χ1n) is 12.3. The fourth-order valence-electron chi connectivity index (χ4n) is 4.35. The topological polar surface area (TPSA) is 131 Å². The van der Waals surface area contributed by atoms with E-state index in [0.717, 1.165) is 41.5 Å². The lowest BCUT2D eigenvalue weighted by Crippen LogP contribution is -2.19. The molecule has 1 aliphatic heterocycles. The molecule has 3 aromatic heterocycles. The van der Waals surface area contributed by atoms with Gasteiger partial charge in [0.05, 0.1) is 5.52 Å². The Morgan fingerprint density at radius 1 is 1.11 bits per heavy atom. The molecule has 2 aromatic carbocycles. The minimum Gasteiger partial charge on any atom is -0.439 e. The molecular weight excluding hydrogens is 482 g/mol. The molecule has 11 nitrogen and oxygen atoms in total. The summed E-state index contributed by atoms with van der Waals surface area (Å²) in [6.45, 7) is 2.94. The zero-order valence-corrected chi connectivity index (χ0v) is 20.6. The minimum atomic E-state index is -0.173. The van der Waals surface area contributed by atoms with Crippen LogP contribution in [0.4, 0.5) is 17.2 Å². The second kappa shape index (κ2) is 10.2. The highest BCUT2D eigenvalue weighted by atomic mass is 16.5. The molecule has 0 saturated carbocycles. The molecule has 1 aliphatic rings. The molecule has 0 radical (unpaired) electrons. The molecule has 1 atom stereocenters. The Morgan fingerprint density at radius 3 is 2.89 bits per heavy atom. The summed E-state index contributed by atoms with van der Waals surface area (Å²) in [7, 11) is 0. The predicted molar refractivity (Wildman–Crippen MR) is 144 cm³/mol. The maximum atomic E-state index is 12.4. The van der Waals surface area contributed by atoms with Gasteiger partial charge in [0, 0.05) is 34.9 Å². The molecule has 0 spiro atoms. The average Bonchev–Trinajstić information content (AvgIpc) is 3.61. The van der Waals surface area contributed by atoms with E-state index in [1.807, 2.05) is 49.4 Å². The van der Waals surface area contributed by atoms with E-state index in [9.17, 15) is 4.79 Å². The van der Waals surface area contributed by atoms with E-state index in [1.54, 1.807) is 29.2 Å². The number of fused-ring (bicyclic) bond motifs is 2. The Hall–Kier alpha value is -4.90. The van der Waals surface area contributed by atoms with Crippen LogP contribution in [0.3, 0.4) is 0 Å². The number of hydrogen-bond acceptors (Lipinski definition) is 9. The van der Waals surface area contributed by atoms with Gasteiger partial charge in [-0.3, -0.25) is 9.20 Å². The number of carbonyl (C=O) groups is 1. The van der Waals surface area contributed by atoms with Gasteiger partial charge in [-0.25, -0.2) is 15.0 Å². The summed E-state index contributed by atoms with van der Waals surface area (Å²) in [4.78, 5) is 25.5. The number of hydrogen-bond donors (Lipinski definition) is 3. The van der Waals surface area contributed by atoms with Crippen molar-refractivity contribution in [2.75, 3.05) is 17.2 Å². The maximum absolute atomic E-state index is 12.4. The molecule has 38 heavy (non-hydrogen) atoms. The number of aryl methyl sites for hydroxylation is 1. The quantitative estimate of drug-likeness (QED) is 0.278. The highest BCUT2D eigenvalue weighted by molar-refractivity contribution is 6.02. The first kappa shape index (κ1) is 23.5. The molecule has 1 amide bonds. The first-order chi connectivity index (χ1) is 18.6. The van der Waals surface area contributed by atoms with E-state index >= 15 is 0 Å². The monoisotopic (exact) mass is 507 g/mol. The lowest BCUT2D eigenvalue weighted by molar-refractivity contribution is -0.111. The van der Waals surface area contributed by atoms with Crippen molar-refractivity contribution in [2.24, 2.45) is 0 Å². The van der Waals surface area contributed by atoms with Crippen molar-refractivity contribution in [3.63, 3.8) is 0 Å². The molecule has 6 rings (SSSR count). The maximum Gasteiger partial charge on any atom is 0.248 e. The summed E-state index contributed by atoms with van der Waals surface area (Å²) in [6.07, 6.45) is 10.4. The Bertz CT molecular complexity index is 1660. The summed E-state index contributed by atoms with van der Waals surface area (Å²) in [5.41, 5.74) is 3.82. The first-order valence-corrected chi connectivity index (χ1v) is 12.3. The second-order valence-electron chi connectivity index (χ2n) is 9.04. The van der Waals surface area contributed by atoms with Gasteiger partial charge in [0.2, 0.25) is 11.8 Å². The fourth-order valence-corrected chi connectivity index (χ4v) is 4.35. The standard InChI is InChI=1S/C27H25N9O2/c1-17-11-19(5-8-23(17)38-26-13-24-35-32-16-36(24)15-31-26)34-27-21-12-20(4-7-22(21)29-14-30-27)33-25(37)9-6-18-3-2-10-28-18/h4-9,11-16,18,28H,2-3,10H2,1H3,(H,33,37)(H,29,30,34)/b9-6+/t18-/m1/s1. The molecule has 0 unspecified atom stereocenters. The van der Waals surface area contributed by atoms with Crippen LogP contribution < -0.4 is 20.7 Å². The Kier molecular flexibility index (Phi) is 6.32. The molecule has 0 bridgehead atoms. The fraction of sp³-hybridized carbons (Fsp3) is 0.185. The SMILES string of the molecule is Cc1cc(Nc2ncnc3ccc(NC(=O)/C=C/[C@H]4CCCN4)cc23)ccc1Oc1cc2nncn2cn1. The number of anilines is 3. The van der Waals surface area contributed by atoms with Crippen LogP contribution in [0.1, 0.15) is 18.4 Å². The molecule has 1 saturated heterocycles. The van der Waals surface area contributed by atoms with Crippen LogP contribution in [0.5, 0.6) is 11.6 Å². The van der Waals surface area contributed by atoms with Gasteiger partial charge in [0.1, 0.15) is 30.5 Å². The summed E-state index contributed by atoms with van der Waals surface area (Å²) < 4.78 is 7.68. The number of aromatic nitrogens is 6.